The van der Waals surface area contributed by atoms with Crippen LogP contribution in [0, 0.1) is 29.1 Å². The van der Waals surface area contributed by atoms with Crippen LogP contribution in [-0.4, -0.2) is 59.3 Å². The molecular weight excluding hydrogens is 396 g/mol. The molecule has 2 aliphatic rings. The average Bonchev–Trinajstić information content (AvgIpc) is 2.76. The van der Waals surface area contributed by atoms with E-state index in [4.69, 9.17) is 4.74 Å². The third-order valence-corrected chi connectivity index (χ3v) is 7.69. The molecule has 31 heavy (non-hydrogen) atoms. The van der Waals surface area contributed by atoms with Crippen LogP contribution in [0.25, 0.3) is 0 Å². The summed E-state index contributed by atoms with van der Waals surface area (Å²) in [4.78, 5) is 33.1. The number of aromatic nitrogens is 2. The molecule has 1 heterocycles. The fourth-order valence-electron chi connectivity index (χ4n) is 5.80. The predicted octanol–water partition coefficient (Wildman–Crippen LogP) is 1.80. The molecule has 1 aromatic rings. The van der Waals surface area contributed by atoms with E-state index in [1.54, 1.807) is 7.11 Å². The van der Waals surface area contributed by atoms with Crippen LogP contribution >= 0.6 is 0 Å². The van der Waals surface area contributed by atoms with Crippen molar-refractivity contribution in [2.75, 3.05) is 20.3 Å². The van der Waals surface area contributed by atoms with E-state index in [-0.39, 0.29) is 46.9 Å². The maximum Gasteiger partial charge on any atom is 0.254 e. The first-order valence-corrected chi connectivity index (χ1v) is 11.3. The van der Waals surface area contributed by atoms with Crippen LogP contribution in [0.1, 0.15) is 56.8 Å². The molecule has 3 rings (SSSR count). The number of nitrogens with one attached hydrogen (secondary N) is 2. The zero-order valence-electron chi connectivity index (χ0n) is 19.0. The van der Waals surface area contributed by atoms with Gasteiger partial charge in [0.25, 0.3) is 5.91 Å². The van der Waals surface area contributed by atoms with Gasteiger partial charge >= 0.3 is 0 Å². The highest BCUT2D eigenvalue weighted by molar-refractivity contribution is 5.93. The van der Waals surface area contributed by atoms with E-state index >= 15 is 0 Å². The Kier molecular flexibility index (Phi) is 7.64. The fraction of sp³-hybridized carbons (Fsp3) is 0.739. The summed E-state index contributed by atoms with van der Waals surface area (Å²) in [5, 5.41) is 17.5. The van der Waals surface area contributed by atoms with Crippen molar-refractivity contribution >= 4 is 11.8 Å². The Morgan fingerprint density at radius 2 is 1.97 bits per heavy atom. The first-order chi connectivity index (χ1) is 14.8. The molecule has 0 aliphatic heterocycles. The molecule has 2 fully saturated rings. The second kappa shape index (κ2) is 10.0. The van der Waals surface area contributed by atoms with Crippen LogP contribution in [0.15, 0.2) is 18.7 Å². The first kappa shape index (κ1) is 23.6. The topological polar surface area (TPSA) is 113 Å². The quantitative estimate of drug-likeness (QED) is 0.566. The number of aliphatic hydroxyl groups excluding tert-OH is 1. The number of hydrogen-bond donors (Lipinski definition) is 3. The number of carbonyl (C=O) groups is 2. The van der Waals surface area contributed by atoms with Crippen molar-refractivity contribution < 1.29 is 19.4 Å². The lowest BCUT2D eigenvalue weighted by molar-refractivity contribution is -0.142. The Balaban J connectivity index is 1.70. The predicted molar refractivity (Wildman–Crippen MR) is 116 cm³/mol. The smallest absolute Gasteiger partial charge is 0.254 e. The molecule has 2 saturated carbocycles. The summed E-state index contributed by atoms with van der Waals surface area (Å²) in [5.74, 6) is -0.489. The van der Waals surface area contributed by atoms with Gasteiger partial charge in [-0.2, -0.15) is 0 Å². The molecule has 172 valence electrons. The summed E-state index contributed by atoms with van der Waals surface area (Å²) in [6.07, 6.45) is 7.46. The van der Waals surface area contributed by atoms with E-state index in [9.17, 15) is 14.7 Å². The molecule has 0 saturated heterocycles. The summed E-state index contributed by atoms with van der Waals surface area (Å²) in [5.41, 5.74) is 0.449. The van der Waals surface area contributed by atoms with Gasteiger partial charge in [-0.1, -0.05) is 20.8 Å². The second-order valence-corrected chi connectivity index (χ2v) is 9.55. The van der Waals surface area contributed by atoms with Gasteiger partial charge in [0.15, 0.2) is 0 Å². The molecule has 8 nitrogen and oxygen atoms in total. The van der Waals surface area contributed by atoms with E-state index in [0.717, 1.165) is 25.7 Å². The van der Waals surface area contributed by atoms with E-state index in [1.807, 2.05) is 6.92 Å². The van der Waals surface area contributed by atoms with Crippen LogP contribution in [0.5, 0.6) is 0 Å². The third-order valence-electron chi connectivity index (χ3n) is 7.69. The number of nitrogens with zero attached hydrogens (tertiary/aromatic N) is 2. The van der Waals surface area contributed by atoms with Gasteiger partial charge in [0.1, 0.15) is 6.33 Å². The first-order valence-electron chi connectivity index (χ1n) is 11.3. The van der Waals surface area contributed by atoms with Crippen molar-refractivity contribution in [1.29, 1.82) is 0 Å². The standard InChI is InChI=1S/C23H36N4O4/c1-14(21(29)26-9-10-31-4)17-5-7-23(3)8-6-18(15(2)19(23)20(17)28)27-22(30)16-11-24-13-25-12-16/h11-15,17-20,28H,5-10H2,1-4H3,(H,26,29)(H,27,30). The van der Waals surface area contributed by atoms with Gasteiger partial charge in [-0.05, 0) is 48.9 Å². The highest BCUT2D eigenvalue weighted by Crippen LogP contribution is 2.55. The summed E-state index contributed by atoms with van der Waals surface area (Å²) in [7, 11) is 1.60. The molecular formula is C23H36N4O4. The molecule has 0 radical (unpaired) electrons. The Hall–Kier alpha value is -2.06. The van der Waals surface area contributed by atoms with Gasteiger partial charge in [0.05, 0.1) is 18.3 Å². The molecule has 7 atom stereocenters. The van der Waals surface area contributed by atoms with Gasteiger partial charge in [0, 0.05) is 38.0 Å². The van der Waals surface area contributed by atoms with Crippen molar-refractivity contribution in [2.45, 2.75) is 58.6 Å². The van der Waals surface area contributed by atoms with Gasteiger partial charge in [-0.3, -0.25) is 9.59 Å². The highest BCUT2D eigenvalue weighted by Gasteiger charge is 2.53. The van der Waals surface area contributed by atoms with Crippen LogP contribution < -0.4 is 10.6 Å². The SMILES string of the molecule is COCCNC(=O)C(C)C1CCC2(C)CCC(NC(=O)c3cncnc3)C(C)C2C1O. The number of methoxy groups -OCH3 is 1. The molecule has 1 aromatic heterocycles. The molecule has 2 aliphatic carbocycles. The minimum Gasteiger partial charge on any atom is -0.392 e. The maximum atomic E-state index is 12.7. The fourth-order valence-corrected chi connectivity index (χ4v) is 5.80. The van der Waals surface area contributed by atoms with Crippen molar-refractivity contribution in [3.63, 3.8) is 0 Å². The van der Waals surface area contributed by atoms with E-state index in [0.29, 0.717) is 18.7 Å². The van der Waals surface area contributed by atoms with E-state index < -0.39 is 6.10 Å². The van der Waals surface area contributed by atoms with E-state index in [2.05, 4.69) is 34.4 Å². The number of aliphatic hydroxyl groups is 1. The molecule has 7 unspecified atom stereocenters. The summed E-state index contributed by atoms with van der Waals surface area (Å²) in [6, 6.07) is -0.0370. The van der Waals surface area contributed by atoms with Crippen molar-refractivity contribution in [3.05, 3.63) is 24.3 Å². The van der Waals surface area contributed by atoms with Crippen LogP contribution in [-0.2, 0) is 9.53 Å². The maximum absolute atomic E-state index is 12.7. The lowest BCUT2D eigenvalue weighted by Crippen LogP contribution is -2.58. The summed E-state index contributed by atoms with van der Waals surface area (Å²) < 4.78 is 5.01. The van der Waals surface area contributed by atoms with Gasteiger partial charge in [0.2, 0.25) is 5.91 Å². The molecule has 8 heteroatoms. The number of rotatable bonds is 7. The largest absolute Gasteiger partial charge is 0.392 e. The Morgan fingerprint density at radius 3 is 2.65 bits per heavy atom. The van der Waals surface area contributed by atoms with Crippen LogP contribution in [0.2, 0.25) is 0 Å². The lowest BCUT2D eigenvalue weighted by Gasteiger charge is -2.56. The highest BCUT2D eigenvalue weighted by atomic mass is 16.5. The minimum absolute atomic E-state index is 0.0126. The molecule has 0 aromatic carbocycles. The normalized spacial score (nSPS) is 33.8. The van der Waals surface area contributed by atoms with Gasteiger partial charge in [-0.25, -0.2) is 9.97 Å². The van der Waals surface area contributed by atoms with Crippen LogP contribution in [0.4, 0.5) is 0 Å². The Morgan fingerprint density at radius 1 is 1.29 bits per heavy atom. The van der Waals surface area contributed by atoms with E-state index in [1.165, 1.54) is 18.7 Å². The minimum atomic E-state index is -0.586. The third kappa shape index (κ3) is 5.06. The molecule has 0 bridgehead atoms. The van der Waals surface area contributed by atoms with Gasteiger partial charge < -0.3 is 20.5 Å². The summed E-state index contributed by atoms with van der Waals surface area (Å²) in [6.45, 7) is 7.21. The second-order valence-electron chi connectivity index (χ2n) is 9.55. The van der Waals surface area contributed by atoms with Crippen molar-refractivity contribution in [1.82, 2.24) is 20.6 Å². The molecule has 3 N–H and O–H groups in total. The summed E-state index contributed by atoms with van der Waals surface area (Å²) >= 11 is 0. The lowest BCUT2D eigenvalue weighted by atomic mass is 9.51. The van der Waals surface area contributed by atoms with Crippen molar-refractivity contribution in [3.8, 4) is 0 Å². The van der Waals surface area contributed by atoms with Crippen LogP contribution in [0.3, 0.4) is 0 Å². The Labute approximate surface area is 184 Å². The molecule has 0 spiro atoms. The van der Waals surface area contributed by atoms with Gasteiger partial charge in [-0.15, -0.1) is 0 Å². The zero-order chi connectivity index (χ0) is 22.6. The zero-order valence-corrected chi connectivity index (χ0v) is 19.0. The van der Waals surface area contributed by atoms with Crippen molar-refractivity contribution in [2.24, 2.45) is 29.1 Å². The molecule has 2 amide bonds. The number of hydrogen-bond acceptors (Lipinski definition) is 6. The Bertz CT molecular complexity index is 761. The average molecular weight is 433 g/mol. The number of ether oxygens (including phenoxy) is 1. The number of amides is 2. The monoisotopic (exact) mass is 432 g/mol. The number of carbonyl (C=O) groups excluding carboxylic acids is 2. The number of fused-ring (bicyclic) bond motifs is 1.